The van der Waals surface area contributed by atoms with E-state index in [-0.39, 0.29) is 17.9 Å². The van der Waals surface area contributed by atoms with Crippen molar-refractivity contribution < 1.29 is 23.8 Å². The average molecular weight is 482 g/mol. The molecule has 188 valence electrons. The molecule has 8 nitrogen and oxygen atoms in total. The molecule has 1 N–H and O–H groups in total. The Kier molecular flexibility index (Phi) is 7.80. The number of ether oxygens (including phenoxy) is 3. The highest BCUT2D eigenvalue weighted by Crippen LogP contribution is 2.36. The molecule has 0 radical (unpaired) electrons. The molecule has 0 bridgehead atoms. The normalized spacial score (nSPS) is 18.2. The molecule has 2 aliphatic rings. The number of carbonyl (C=O) groups is 2. The monoisotopic (exact) mass is 481 g/mol. The highest BCUT2D eigenvalue weighted by Gasteiger charge is 2.27. The molecule has 1 atom stereocenters. The van der Waals surface area contributed by atoms with Gasteiger partial charge < -0.3 is 29.3 Å². The molecule has 8 heteroatoms. The quantitative estimate of drug-likeness (QED) is 0.682. The topological polar surface area (TPSA) is 80.3 Å². The SMILES string of the molecule is CCC(=O)N1CCOc2c(cc(-c3cc(OC)cc(OC)c3)cc2C(=O)N[C@@H]2CCCN(C)C2)C1. The van der Waals surface area contributed by atoms with Gasteiger partial charge in [-0.05, 0) is 61.8 Å². The molecular formula is C27H35N3O5. The van der Waals surface area contributed by atoms with Crippen LogP contribution in [0.25, 0.3) is 11.1 Å². The maximum Gasteiger partial charge on any atom is 0.255 e. The van der Waals surface area contributed by atoms with Gasteiger partial charge in [-0.15, -0.1) is 0 Å². The van der Waals surface area contributed by atoms with Crippen LogP contribution in [-0.2, 0) is 11.3 Å². The van der Waals surface area contributed by atoms with Crippen LogP contribution in [0.15, 0.2) is 30.3 Å². The van der Waals surface area contributed by atoms with E-state index in [1.807, 2.05) is 37.3 Å². The van der Waals surface area contributed by atoms with E-state index in [2.05, 4.69) is 17.3 Å². The molecule has 2 aromatic rings. The van der Waals surface area contributed by atoms with Crippen LogP contribution in [0.4, 0.5) is 0 Å². The minimum Gasteiger partial charge on any atom is -0.497 e. The van der Waals surface area contributed by atoms with E-state index in [0.717, 1.165) is 42.6 Å². The first-order valence-corrected chi connectivity index (χ1v) is 12.2. The van der Waals surface area contributed by atoms with Gasteiger partial charge in [-0.1, -0.05) is 6.92 Å². The van der Waals surface area contributed by atoms with E-state index in [4.69, 9.17) is 14.2 Å². The fourth-order valence-electron chi connectivity index (χ4n) is 4.81. The van der Waals surface area contributed by atoms with Crippen LogP contribution in [0.2, 0.25) is 0 Å². The Labute approximate surface area is 207 Å². The number of nitrogens with zero attached hydrogens (tertiary/aromatic N) is 2. The van der Waals surface area contributed by atoms with Crippen LogP contribution in [0.1, 0.15) is 42.1 Å². The summed E-state index contributed by atoms with van der Waals surface area (Å²) in [6.45, 7) is 4.94. The summed E-state index contributed by atoms with van der Waals surface area (Å²) in [5, 5.41) is 3.21. The van der Waals surface area contributed by atoms with Gasteiger partial charge in [0.25, 0.3) is 5.91 Å². The van der Waals surface area contributed by atoms with Gasteiger partial charge >= 0.3 is 0 Å². The number of likely N-dealkylation sites (tertiary alicyclic amines) is 1. The van der Waals surface area contributed by atoms with Crippen molar-refractivity contribution in [2.45, 2.75) is 38.8 Å². The predicted octanol–water partition coefficient (Wildman–Crippen LogP) is 3.33. The fourth-order valence-corrected chi connectivity index (χ4v) is 4.81. The number of hydrogen-bond donors (Lipinski definition) is 1. The Balaban J connectivity index is 1.77. The lowest BCUT2D eigenvalue weighted by atomic mass is 9.96. The molecule has 2 aliphatic heterocycles. The Morgan fingerprint density at radius 2 is 1.77 bits per heavy atom. The van der Waals surface area contributed by atoms with Crippen LogP contribution in [0, 0.1) is 0 Å². The van der Waals surface area contributed by atoms with Gasteiger partial charge in [0.05, 0.1) is 26.3 Å². The molecule has 0 unspecified atom stereocenters. The molecule has 0 aliphatic carbocycles. The van der Waals surface area contributed by atoms with Crippen molar-refractivity contribution in [2.24, 2.45) is 0 Å². The number of amides is 2. The zero-order chi connectivity index (χ0) is 24.9. The minimum absolute atomic E-state index is 0.0612. The largest absolute Gasteiger partial charge is 0.497 e. The fraction of sp³-hybridized carbons (Fsp3) is 0.481. The van der Waals surface area contributed by atoms with E-state index in [9.17, 15) is 9.59 Å². The lowest BCUT2D eigenvalue weighted by molar-refractivity contribution is -0.131. The van der Waals surface area contributed by atoms with Crippen molar-refractivity contribution in [3.8, 4) is 28.4 Å². The van der Waals surface area contributed by atoms with E-state index >= 15 is 0 Å². The minimum atomic E-state index is -0.159. The summed E-state index contributed by atoms with van der Waals surface area (Å²) in [6, 6.07) is 9.58. The molecule has 0 aromatic heterocycles. The zero-order valence-corrected chi connectivity index (χ0v) is 21.1. The van der Waals surface area contributed by atoms with Crippen LogP contribution in [0.5, 0.6) is 17.2 Å². The highest BCUT2D eigenvalue weighted by molar-refractivity contribution is 5.99. The van der Waals surface area contributed by atoms with Gasteiger partial charge in [-0.3, -0.25) is 9.59 Å². The zero-order valence-electron chi connectivity index (χ0n) is 21.1. The number of rotatable bonds is 6. The number of methoxy groups -OCH3 is 2. The first kappa shape index (κ1) is 24.9. The lowest BCUT2D eigenvalue weighted by Crippen LogP contribution is -2.46. The van der Waals surface area contributed by atoms with Crippen molar-refractivity contribution in [2.75, 3.05) is 47.5 Å². The summed E-state index contributed by atoms with van der Waals surface area (Å²) < 4.78 is 17.0. The second-order valence-electron chi connectivity index (χ2n) is 9.21. The molecule has 2 amide bonds. The van der Waals surface area contributed by atoms with E-state index in [1.54, 1.807) is 19.1 Å². The number of piperidine rings is 1. The number of fused-ring (bicyclic) bond motifs is 1. The number of hydrogen-bond acceptors (Lipinski definition) is 6. The smallest absolute Gasteiger partial charge is 0.255 e. The predicted molar refractivity (Wildman–Crippen MR) is 134 cm³/mol. The second kappa shape index (κ2) is 11.0. The Morgan fingerprint density at radius 3 is 2.43 bits per heavy atom. The maximum absolute atomic E-state index is 13.6. The summed E-state index contributed by atoms with van der Waals surface area (Å²) in [5.41, 5.74) is 2.99. The molecule has 0 spiro atoms. The first-order chi connectivity index (χ1) is 16.9. The number of likely N-dealkylation sites (N-methyl/N-ethyl adjacent to an activating group) is 1. The Bertz CT molecular complexity index is 1060. The Hall–Kier alpha value is -3.26. The van der Waals surface area contributed by atoms with Gasteiger partial charge in [0.2, 0.25) is 5.91 Å². The number of nitrogens with one attached hydrogen (secondary N) is 1. The first-order valence-electron chi connectivity index (χ1n) is 12.2. The molecule has 1 fully saturated rings. The molecule has 1 saturated heterocycles. The maximum atomic E-state index is 13.6. The van der Waals surface area contributed by atoms with Gasteiger partial charge in [0.1, 0.15) is 23.9 Å². The van der Waals surface area contributed by atoms with Crippen LogP contribution in [-0.4, -0.2) is 75.2 Å². The summed E-state index contributed by atoms with van der Waals surface area (Å²) >= 11 is 0. The van der Waals surface area contributed by atoms with E-state index in [1.165, 1.54) is 0 Å². The molecule has 2 heterocycles. The second-order valence-corrected chi connectivity index (χ2v) is 9.21. The molecule has 35 heavy (non-hydrogen) atoms. The van der Waals surface area contributed by atoms with Crippen molar-refractivity contribution in [3.63, 3.8) is 0 Å². The van der Waals surface area contributed by atoms with Crippen molar-refractivity contribution in [3.05, 3.63) is 41.5 Å². The van der Waals surface area contributed by atoms with Crippen LogP contribution < -0.4 is 19.5 Å². The van der Waals surface area contributed by atoms with Gasteiger partial charge in [-0.2, -0.15) is 0 Å². The van der Waals surface area contributed by atoms with Gasteiger partial charge in [0.15, 0.2) is 0 Å². The summed E-state index contributed by atoms with van der Waals surface area (Å²) in [6.07, 6.45) is 2.42. The molecular weight excluding hydrogens is 446 g/mol. The van der Waals surface area contributed by atoms with Crippen molar-refractivity contribution in [1.29, 1.82) is 0 Å². The lowest BCUT2D eigenvalue weighted by Gasteiger charge is -2.30. The Morgan fingerprint density at radius 1 is 1.06 bits per heavy atom. The van der Waals surface area contributed by atoms with E-state index in [0.29, 0.717) is 48.9 Å². The summed E-state index contributed by atoms with van der Waals surface area (Å²) in [7, 11) is 5.29. The van der Waals surface area contributed by atoms with Crippen LogP contribution in [0.3, 0.4) is 0 Å². The number of carbonyl (C=O) groups excluding carboxylic acids is 2. The van der Waals surface area contributed by atoms with Gasteiger partial charge in [-0.25, -0.2) is 0 Å². The summed E-state index contributed by atoms with van der Waals surface area (Å²) in [5.74, 6) is 1.77. The average Bonchev–Trinajstić information content (AvgIpc) is 3.09. The molecule has 4 rings (SSSR count). The third-order valence-corrected chi connectivity index (χ3v) is 6.68. The van der Waals surface area contributed by atoms with Crippen molar-refractivity contribution in [1.82, 2.24) is 15.1 Å². The highest BCUT2D eigenvalue weighted by atomic mass is 16.5. The van der Waals surface area contributed by atoms with Gasteiger partial charge in [0, 0.05) is 37.2 Å². The van der Waals surface area contributed by atoms with E-state index < -0.39 is 0 Å². The summed E-state index contributed by atoms with van der Waals surface area (Å²) in [4.78, 5) is 30.1. The third kappa shape index (κ3) is 5.70. The van der Waals surface area contributed by atoms with Crippen molar-refractivity contribution >= 4 is 11.8 Å². The standard InChI is InChI=1S/C27H35N3O5/c1-5-25(31)30-9-10-35-26-20(16-30)11-18(19-12-22(33-3)15-23(13-19)34-4)14-24(26)27(32)28-21-7-6-8-29(2)17-21/h11-15,21H,5-10,16-17H2,1-4H3,(H,28,32)/t21-/m1/s1. The number of benzene rings is 2. The van der Waals surface area contributed by atoms with Crippen LogP contribution >= 0.6 is 0 Å². The molecule has 2 aromatic carbocycles. The molecule has 0 saturated carbocycles. The third-order valence-electron chi connectivity index (χ3n) is 6.68.